The van der Waals surface area contributed by atoms with Crippen LogP contribution in [0.15, 0.2) is 30.3 Å². The molecule has 0 radical (unpaired) electrons. The molecule has 0 saturated heterocycles. The van der Waals surface area contributed by atoms with Crippen molar-refractivity contribution in [3.05, 3.63) is 80.9 Å². The molecule has 1 atom stereocenters. The highest BCUT2D eigenvalue weighted by molar-refractivity contribution is 5.84. The zero-order valence-electron chi connectivity index (χ0n) is 26.4. The van der Waals surface area contributed by atoms with E-state index in [9.17, 15) is 23.1 Å². The fraction of sp³-hybridized carbons (Fsp3) is 0.486. The lowest BCUT2D eigenvalue weighted by molar-refractivity contribution is -0.160. The van der Waals surface area contributed by atoms with Crippen molar-refractivity contribution in [2.24, 2.45) is 0 Å². The molecule has 0 spiro atoms. The number of benzene rings is 2. The molecule has 1 N–H and O–H groups in total. The summed E-state index contributed by atoms with van der Waals surface area (Å²) in [4.78, 5) is 19.8. The summed E-state index contributed by atoms with van der Waals surface area (Å²) in [5.74, 6) is -1.40. The van der Waals surface area contributed by atoms with Crippen LogP contribution in [-0.4, -0.2) is 46.3 Å². The maximum absolute atomic E-state index is 15.6. The number of ether oxygens (including phenoxy) is 2. The number of aromatic nitrogens is 1. The van der Waals surface area contributed by atoms with E-state index in [1.54, 1.807) is 33.8 Å². The van der Waals surface area contributed by atoms with Gasteiger partial charge in [-0.3, -0.25) is 9.88 Å². The first-order valence-corrected chi connectivity index (χ1v) is 15.4. The summed E-state index contributed by atoms with van der Waals surface area (Å²) in [5, 5.41) is 10.4. The van der Waals surface area contributed by atoms with Gasteiger partial charge in [-0.05, 0) is 107 Å². The number of halogens is 4. The standard InChI is InChI=1S/C35H40F4N2O4/c1-20-24-12-8-16-44-31(24)27(36)18-25(20)30-26-19-41(14-7-10-22-9-6-11-23(17-22)35(37,38)39)15-13-28(26)40-21(2)29(30)32(33(42)43)45-34(3,4)5/h6,9,11,17-18,32H,7-8,10,12-16,19H2,1-5H3,(H,42,43)/t32-/m0/s1. The van der Waals surface area contributed by atoms with Crippen molar-refractivity contribution in [2.75, 3.05) is 19.7 Å². The van der Waals surface area contributed by atoms with Crippen molar-refractivity contribution in [1.82, 2.24) is 9.88 Å². The molecule has 2 aliphatic rings. The largest absolute Gasteiger partial charge is 0.490 e. The molecule has 242 valence electrons. The molecule has 0 aliphatic carbocycles. The van der Waals surface area contributed by atoms with Crippen LogP contribution < -0.4 is 4.74 Å². The fourth-order valence-electron chi connectivity index (χ4n) is 6.49. The number of carboxylic acid groups (broad SMARTS) is 1. The highest BCUT2D eigenvalue weighted by Gasteiger charge is 2.36. The lowest BCUT2D eigenvalue weighted by atomic mass is 9.83. The summed E-state index contributed by atoms with van der Waals surface area (Å²) < 4.78 is 67.1. The van der Waals surface area contributed by atoms with Crippen molar-refractivity contribution in [3.8, 4) is 16.9 Å². The summed E-state index contributed by atoms with van der Waals surface area (Å²) >= 11 is 0. The normalized spacial score (nSPS) is 16.1. The van der Waals surface area contributed by atoms with Crippen molar-refractivity contribution in [2.45, 2.75) is 91.1 Å². The lowest BCUT2D eigenvalue weighted by Gasteiger charge is -2.34. The summed E-state index contributed by atoms with van der Waals surface area (Å²) in [5.41, 5.74) is 4.59. The number of nitrogens with zero attached hydrogens (tertiary/aromatic N) is 2. The SMILES string of the molecule is Cc1nc2c(c(-c3cc(F)c4c(c3C)CCCO4)c1[C@H](OC(C)(C)C)C(=O)O)CN(CCCc1cccc(C(F)(F)F)c1)CC2. The number of aliphatic carboxylic acids is 1. The minimum atomic E-state index is -4.39. The summed E-state index contributed by atoms with van der Waals surface area (Å²) in [6, 6.07) is 6.85. The number of hydrogen-bond acceptors (Lipinski definition) is 5. The first-order valence-electron chi connectivity index (χ1n) is 15.4. The summed E-state index contributed by atoms with van der Waals surface area (Å²) in [6.45, 7) is 11.2. The first-order chi connectivity index (χ1) is 21.1. The van der Waals surface area contributed by atoms with Gasteiger partial charge < -0.3 is 14.6 Å². The van der Waals surface area contributed by atoms with Crippen molar-refractivity contribution < 1.29 is 36.9 Å². The van der Waals surface area contributed by atoms with Gasteiger partial charge >= 0.3 is 12.1 Å². The number of carboxylic acids is 1. The third-order valence-corrected chi connectivity index (χ3v) is 8.52. The molecule has 3 heterocycles. The predicted octanol–water partition coefficient (Wildman–Crippen LogP) is 7.78. The van der Waals surface area contributed by atoms with Crippen LogP contribution in [0, 0.1) is 19.7 Å². The number of fused-ring (bicyclic) bond motifs is 2. The molecule has 10 heteroatoms. The van der Waals surface area contributed by atoms with Gasteiger partial charge in [-0.15, -0.1) is 0 Å². The highest BCUT2D eigenvalue weighted by Crippen LogP contribution is 2.44. The Labute approximate surface area is 261 Å². The highest BCUT2D eigenvalue weighted by atomic mass is 19.4. The zero-order chi connectivity index (χ0) is 32.7. The van der Waals surface area contributed by atoms with E-state index in [1.165, 1.54) is 18.2 Å². The minimum Gasteiger partial charge on any atom is -0.490 e. The second-order valence-electron chi connectivity index (χ2n) is 13.0. The average Bonchev–Trinajstić information content (AvgIpc) is 2.97. The molecule has 6 nitrogen and oxygen atoms in total. The molecule has 45 heavy (non-hydrogen) atoms. The average molecular weight is 629 g/mol. The van der Waals surface area contributed by atoms with Crippen LogP contribution in [0.25, 0.3) is 11.1 Å². The third kappa shape index (κ3) is 7.17. The second-order valence-corrected chi connectivity index (χ2v) is 13.0. The number of aryl methyl sites for hydroxylation is 2. The van der Waals surface area contributed by atoms with Crippen molar-refractivity contribution >= 4 is 5.97 Å². The van der Waals surface area contributed by atoms with E-state index in [0.29, 0.717) is 79.9 Å². The zero-order valence-corrected chi connectivity index (χ0v) is 26.4. The Morgan fingerprint density at radius 2 is 1.89 bits per heavy atom. The van der Waals surface area contributed by atoms with E-state index in [1.807, 2.05) is 6.92 Å². The van der Waals surface area contributed by atoms with Gasteiger partial charge in [0.1, 0.15) is 0 Å². The van der Waals surface area contributed by atoms with Gasteiger partial charge in [0.25, 0.3) is 0 Å². The Morgan fingerprint density at radius 3 is 2.58 bits per heavy atom. The van der Waals surface area contributed by atoms with Gasteiger partial charge in [0, 0.05) is 42.0 Å². The van der Waals surface area contributed by atoms with Crippen LogP contribution in [0.5, 0.6) is 5.75 Å². The van der Waals surface area contributed by atoms with Crippen molar-refractivity contribution in [1.29, 1.82) is 0 Å². The number of alkyl halides is 3. The number of hydrogen-bond donors (Lipinski definition) is 1. The van der Waals surface area contributed by atoms with Gasteiger partial charge in [0.05, 0.1) is 17.8 Å². The maximum atomic E-state index is 15.6. The smallest absolute Gasteiger partial charge is 0.416 e. The number of carbonyl (C=O) groups is 1. The molecule has 3 aromatic rings. The quantitative estimate of drug-likeness (QED) is 0.257. The van der Waals surface area contributed by atoms with E-state index in [2.05, 4.69) is 4.90 Å². The fourth-order valence-corrected chi connectivity index (χ4v) is 6.49. The molecule has 0 unspecified atom stereocenters. The van der Waals surface area contributed by atoms with Gasteiger partial charge in [0.2, 0.25) is 0 Å². The molecule has 0 bridgehead atoms. The lowest BCUT2D eigenvalue weighted by Crippen LogP contribution is -2.34. The minimum absolute atomic E-state index is 0.251. The van der Waals surface area contributed by atoms with Gasteiger partial charge in [-0.1, -0.05) is 18.2 Å². The van der Waals surface area contributed by atoms with Crippen molar-refractivity contribution in [3.63, 3.8) is 0 Å². The van der Waals surface area contributed by atoms with Gasteiger partial charge in [0.15, 0.2) is 17.7 Å². The Bertz CT molecular complexity index is 1600. The molecule has 2 aliphatic heterocycles. The molecule has 0 amide bonds. The Balaban J connectivity index is 1.55. The monoisotopic (exact) mass is 628 g/mol. The topological polar surface area (TPSA) is 71.9 Å². The van der Waals surface area contributed by atoms with Crippen LogP contribution in [-0.2, 0) is 41.5 Å². The number of rotatable bonds is 8. The molecule has 2 aromatic carbocycles. The van der Waals surface area contributed by atoms with E-state index in [0.717, 1.165) is 34.9 Å². The summed E-state index contributed by atoms with van der Waals surface area (Å²) in [7, 11) is 0. The Morgan fingerprint density at radius 1 is 1.13 bits per heavy atom. The molecule has 1 aromatic heterocycles. The van der Waals surface area contributed by atoms with Crippen LogP contribution >= 0.6 is 0 Å². The van der Waals surface area contributed by atoms with E-state index in [4.69, 9.17) is 14.5 Å². The Hall–Kier alpha value is -3.50. The Kier molecular flexibility index (Phi) is 9.29. The van der Waals surface area contributed by atoms with Crippen LogP contribution in [0.4, 0.5) is 17.6 Å². The maximum Gasteiger partial charge on any atom is 0.416 e. The van der Waals surface area contributed by atoms with Gasteiger partial charge in [-0.2, -0.15) is 13.2 Å². The van der Waals surface area contributed by atoms with E-state index < -0.39 is 35.2 Å². The predicted molar refractivity (Wildman–Crippen MR) is 163 cm³/mol. The van der Waals surface area contributed by atoms with E-state index >= 15 is 4.39 Å². The molecule has 0 fully saturated rings. The first kappa shape index (κ1) is 32.9. The van der Waals surface area contributed by atoms with Gasteiger partial charge in [-0.25, -0.2) is 9.18 Å². The van der Waals surface area contributed by atoms with Crippen LogP contribution in [0.1, 0.15) is 84.5 Å². The van der Waals surface area contributed by atoms with Crippen LogP contribution in [0.3, 0.4) is 0 Å². The third-order valence-electron chi connectivity index (χ3n) is 8.52. The molecule has 0 saturated carbocycles. The summed E-state index contributed by atoms with van der Waals surface area (Å²) in [6.07, 6.45) is -2.63. The molecular weight excluding hydrogens is 588 g/mol. The second kappa shape index (κ2) is 12.7. The number of pyridine rings is 1. The molecule has 5 rings (SSSR count). The van der Waals surface area contributed by atoms with Crippen LogP contribution in [0.2, 0.25) is 0 Å². The molecular formula is C35H40F4N2O4. The van der Waals surface area contributed by atoms with E-state index in [-0.39, 0.29) is 5.75 Å².